The summed E-state index contributed by atoms with van der Waals surface area (Å²) in [7, 11) is 0. The molecule has 1 unspecified atom stereocenters. The van der Waals surface area contributed by atoms with Crippen LogP contribution >= 0.6 is 15.9 Å². The van der Waals surface area contributed by atoms with E-state index in [4.69, 9.17) is 0 Å². The average molecular weight is 346 g/mol. The molecule has 0 aliphatic carbocycles. The summed E-state index contributed by atoms with van der Waals surface area (Å²) in [5, 5.41) is 20.5. The highest BCUT2D eigenvalue weighted by molar-refractivity contribution is 9.10. The molecule has 1 saturated heterocycles. The molecule has 1 atom stereocenters. The van der Waals surface area contributed by atoms with Crippen LogP contribution in [-0.2, 0) is 0 Å². The molecule has 0 amide bonds. The Morgan fingerprint density at radius 2 is 2.24 bits per heavy atom. The van der Waals surface area contributed by atoms with E-state index in [9.17, 15) is 10.4 Å². The van der Waals surface area contributed by atoms with Crippen molar-refractivity contribution in [2.75, 3.05) is 18.0 Å². The van der Waals surface area contributed by atoms with Crippen LogP contribution in [0.4, 0.5) is 5.82 Å². The normalized spacial score (nSPS) is 22.3. The van der Waals surface area contributed by atoms with Gasteiger partial charge in [-0.15, -0.1) is 0 Å². The maximum absolute atomic E-state index is 10.2. The van der Waals surface area contributed by atoms with E-state index in [-0.39, 0.29) is 0 Å². The molecule has 21 heavy (non-hydrogen) atoms. The third kappa shape index (κ3) is 2.87. The molecule has 4 nitrogen and oxygen atoms in total. The van der Waals surface area contributed by atoms with Crippen LogP contribution < -0.4 is 4.90 Å². The number of fused-ring (bicyclic) bond motifs is 1. The van der Waals surface area contributed by atoms with E-state index in [0.717, 1.165) is 40.6 Å². The Hall–Kier alpha value is -1.64. The number of hydrogen-bond acceptors (Lipinski definition) is 4. The summed E-state index contributed by atoms with van der Waals surface area (Å²) >= 11 is 3.43. The second-order valence-electron chi connectivity index (χ2n) is 5.82. The quantitative estimate of drug-likeness (QED) is 0.861. The number of pyridine rings is 1. The monoisotopic (exact) mass is 345 g/mol. The second-order valence-corrected chi connectivity index (χ2v) is 6.74. The van der Waals surface area contributed by atoms with E-state index in [1.165, 1.54) is 0 Å². The molecule has 0 spiro atoms. The first-order chi connectivity index (χ1) is 9.98. The van der Waals surface area contributed by atoms with E-state index in [1.54, 1.807) is 0 Å². The summed E-state index contributed by atoms with van der Waals surface area (Å²) in [6, 6.07) is 9.81. The second kappa shape index (κ2) is 5.28. The lowest BCUT2D eigenvalue weighted by Crippen LogP contribution is -2.46. The highest BCUT2D eigenvalue weighted by Crippen LogP contribution is 2.29. The zero-order chi connectivity index (χ0) is 15.0. The summed E-state index contributed by atoms with van der Waals surface area (Å²) in [4.78, 5) is 6.72. The highest BCUT2D eigenvalue weighted by atomic mass is 79.9. The van der Waals surface area contributed by atoms with Gasteiger partial charge in [-0.2, -0.15) is 5.26 Å². The Morgan fingerprint density at radius 1 is 1.43 bits per heavy atom. The van der Waals surface area contributed by atoms with Crippen molar-refractivity contribution in [3.8, 4) is 6.07 Å². The van der Waals surface area contributed by atoms with Gasteiger partial charge in [0.25, 0.3) is 0 Å². The SMILES string of the molecule is CC1(O)CCCN(c2cc(C#N)c3cc(Br)ccc3n2)C1. The van der Waals surface area contributed by atoms with Gasteiger partial charge in [0.15, 0.2) is 0 Å². The number of β-amino-alcohol motifs (C(OH)–C–C–N with tert-alkyl or cyclic N) is 1. The van der Waals surface area contributed by atoms with E-state index in [2.05, 4.69) is 31.9 Å². The molecular weight excluding hydrogens is 330 g/mol. The van der Waals surface area contributed by atoms with Crippen LogP contribution in [0.5, 0.6) is 0 Å². The minimum absolute atomic E-state index is 0.549. The fraction of sp³-hybridized carbons (Fsp3) is 0.375. The molecule has 108 valence electrons. The fourth-order valence-corrected chi connectivity index (χ4v) is 3.22. The lowest BCUT2D eigenvalue weighted by molar-refractivity contribution is 0.0447. The molecule has 2 aromatic rings. The Balaban J connectivity index is 2.08. The molecule has 3 rings (SSSR count). The van der Waals surface area contributed by atoms with Gasteiger partial charge in [0.1, 0.15) is 5.82 Å². The molecule has 1 aromatic carbocycles. The Morgan fingerprint density at radius 3 is 2.95 bits per heavy atom. The van der Waals surface area contributed by atoms with Crippen LogP contribution in [0.1, 0.15) is 25.3 Å². The Kier molecular flexibility index (Phi) is 3.60. The number of piperidine rings is 1. The number of nitrogens with zero attached hydrogens (tertiary/aromatic N) is 3. The molecule has 0 bridgehead atoms. The predicted octanol–water partition coefficient (Wildman–Crippen LogP) is 3.22. The molecule has 0 saturated carbocycles. The van der Waals surface area contributed by atoms with Crippen LogP contribution in [0.15, 0.2) is 28.7 Å². The first kappa shape index (κ1) is 14.3. The molecule has 5 heteroatoms. The summed E-state index contributed by atoms with van der Waals surface area (Å²) in [5.74, 6) is 0.765. The topological polar surface area (TPSA) is 60.1 Å². The van der Waals surface area contributed by atoms with Crippen molar-refractivity contribution in [3.05, 3.63) is 34.3 Å². The number of rotatable bonds is 1. The predicted molar refractivity (Wildman–Crippen MR) is 86.2 cm³/mol. The third-order valence-corrected chi connectivity index (χ3v) is 4.37. The molecule has 1 N–H and O–H groups in total. The number of halogens is 1. The summed E-state index contributed by atoms with van der Waals surface area (Å²) in [6.45, 7) is 3.26. The van der Waals surface area contributed by atoms with Crippen LogP contribution in [-0.4, -0.2) is 28.8 Å². The van der Waals surface area contributed by atoms with Gasteiger partial charge in [0.05, 0.1) is 22.8 Å². The number of aliphatic hydroxyl groups is 1. The highest BCUT2D eigenvalue weighted by Gasteiger charge is 2.29. The van der Waals surface area contributed by atoms with Gasteiger partial charge in [-0.3, -0.25) is 0 Å². The van der Waals surface area contributed by atoms with Gasteiger partial charge < -0.3 is 10.0 Å². The third-order valence-electron chi connectivity index (χ3n) is 3.88. The molecule has 1 aliphatic heterocycles. The van der Waals surface area contributed by atoms with Crippen molar-refractivity contribution in [2.24, 2.45) is 0 Å². The zero-order valence-electron chi connectivity index (χ0n) is 11.8. The van der Waals surface area contributed by atoms with E-state index in [0.29, 0.717) is 12.1 Å². The summed E-state index contributed by atoms with van der Waals surface area (Å²) in [5.41, 5.74) is 0.723. The fourth-order valence-electron chi connectivity index (χ4n) is 2.85. The lowest BCUT2D eigenvalue weighted by atomic mass is 9.95. The first-order valence-electron chi connectivity index (χ1n) is 6.96. The van der Waals surface area contributed by atoms with Crippen molar-refractivity contribution in [1.29, 1.82) is 5.26 Å². The van der Waals surface area contributed by atoms with Gasteiger partial charge in [0.2, 0.25) is 0 Å². The maximum atomic E-state index is 10.2. The summed E-state index contributed by atoms with van der Waals surface area (Å²) < 4.78 is 0.932. The number of hydrogen-bond donors (Lipinski definition) is 1. The van der Waals surface area contributed by atoms with Crippen molar-refractivity contribution >= 4 is 32.7 Å². The molecule has 2 heterocycles. The summed E-state index contributed by atoms with van der Waals surface area (Å²) in [6.07, 6.45) is 1.73. The standard InChI is InChI=1S/C16H16BrN3O/c1-16(21)5-2-6-20(10-16)15-7-11(9-18)13-8-12(17)3-4-14(13)19-15/h3-4,7-8,21H,2,5-6,10H2,1H3. The number of benzene rings is 1. The van der Waals surface area contributed by atoms with Gasteiger partial charge in [-0.1, -0.05) is 15.9 Å². The molecule has 1 aliphatic rings. The maximum Gasteiger partial charge on any atom is 0.130 e. The smallest absolute Gasteiger partial charge is 0.130 e. The molecule has 1 aromatic heterocycles. The largest absolute Gasteiger partial charge is 0.388 e. The van der Waals surface area contributed by atoms with Crippen molar-refractivity contribution in [1.82, 2.24) is 4.98 Å². The van der Waals surface area contributed by atoms with Crippen LogP contribution in [0.3, 0.4) is 0 Å². The minimum Gasteiger partial charge on any atom is -0.388 e. The molecule has 1 fully saturated rings. The van der Waals surface area contributed by atoms with Gasteiger partial charge >= 0.3 is 0 Å². The number of aromatic nitrogens is 1. The van der Waals surface area contributed by atoms with Gasteiger partial charge in [0, 0.05) is 22.9 Å². The van der Waals surface area contributed by atoms with Crippen LogP contribution in [0.25, 0.3) is 10.9 Å². The molecule has 0 radical (unpaired) electrons. The van der Waals surface area contributed by atoms with Crippen molar-refractivity contribution in [2.45, 2.75) is 25.4 Å². The van der Waals surface area contributed by atoms with E-state index < -0.39 is 5.60 Å². The van der Waals surface area contributed by atoms with Gasteiger partial charge in [-0.05, 0) is 44.0 Å². The van der Waals surface area contributed by atoms with Crippen LogP contribution in [0, 0.1) is 11.3 Å². The number of anilines is 1. The average Bonchev–Trinajstić information content (AvgIpc) is 2.45. The Labute approximate surface area is 132 Å². The van der Waals surface area contributed by atoms with Crippen LogP contribution in [0.2, 0.25) is 0 Å². The Bertz CT molecular complexity index is 736. The minimum atomic E-state index is -0.693. The number of nitriles is 1. The first-order valence-corrected chi connectivity index (χ1v) is 7.75. The van der Waals surface area contributed by atoms with Crippen molar-refractivity contribution in [3.63, 3.8) is 0 Å². The lowest BCUT2D eigenvalue weighted by Gasteiger charge is -2.37. The van der Waals surface area contributed by atoms with Gasteiger partial charge in [-0.25, -0.2) is 4.98 Å². The van der Waals surface area contributed by atoms with E-state index in [1.807, 2.05) is 31.2 Å². The van der Waals surface area contributed by atoms with E-state index >= 15 is 0 Å². The van der Waals surface area contributed by atoms with Crippen molar-refractivity contribution < 1.29 is 5.11 Å². The molecular formula is C16H16BrN3O. The zero-order valence-corrected chi connectivity index (χ0v) is 13.4.